The van der Waals surface area contributed by atoms with Gasteiger partial charge < -0.3 is 25.6 Å². The summed E-state index contributed by atoms with van der Waals surface area (Å²) < 4.78 is 35.4. The van der Waals surface area contributed by atoms with E-state index in [1.54, 1.807) is 4.90 Å². The number of rotatable bonds is 6. The van der Waals surface area contributed by atoms with Crippen LogP contribution in [0.3, 0.4) is 0 Å². The fourth-order valence-corrected chi connectivity index (χ4v) is 5.23. The first-order chi connectivity index (χ1) is 18.0. The molecule has 0 unspecified atom stereocenters. The molecule has 0 aliphatic carbocycles. The zero-order chi connectivity index (χ0) is 27.7. The molecule has 2 aliphatic heterocycles. The molecule has 11 heteroatoms. The maximum absolute atomic E-state index is 15.2. The smallest absolute Gasteiger partial charge is 0.267 e. The number of halogens is 2. The molecule has 1 aromatic heterocycles. The summed E-state index contributed by atoms with van der Waals surface area (Å²) in [4.78, 5) is 45.8. The number of nitrogens with zero attached hydrogens (tertiary/aromatic N) is 3. The van der Waals surface area contributed by atoms with E-state index in [4.69, 9.17) is 10.5 Å². The lowest BCUT2D eigenvalue weighted by Gasteiger charge is -2.38. The van der Waals surface area contributed by atoms with E-state index < -0.39 is 35.4 Å². The third-order valence-electron chi connectivity index (χ3n) is 7.15. The van der Waals surface area contributed by atoms with Gasteiger partial charge in [0.05, 0.1) is 23.5 Å². The minimum Gasteiger partial charge on any atom is -0.372 e. The number of benzene rings is 1. The maximum atomic E-state index is 15.2. The number of carbonyl (C=O) groups excluding carboxylic acids is 3. The van der Waals surface area contributed by atoms with Gasteiger partial charge in [0, 0.05) is 31.5 Å². The van der Waals surface area contributed by atoms with Crippen LogP contribution in [-0.2, 0) is 9.53 Å². The van der Waals surface area contributed by atoms with Gasteiger partial charge in [0.2, 0.25) is 5.91 Å². The average molecular weight is 530 g/mol. The Morgan fingerprint density at radius 1 is 1.11 bits per heavy atom. The second kappa shape index (κ2) is 11.0. The molecule has 38 heavy (non-hydrogen) atoms. The normalized spacial score (nSPS) is 23.6. The van der Waals surface area contributed by atoms with Gasteiger partial charge in [-0.05, 0) is 56.4 Å². The topological polar surface area (TPSA) is 118 Å². The van der Waals surface area contributed by atoms with Gasteiger partial charge in [0.15, 0.2) is 11.6 Å². The molecule has 0 spiro atoms. The molecule has 3 heterocycles. The monoisotopic (exact) mass is 529 g/mol. The summed E-state index contributed by atoms with van der Waals surface area (Å²) in [6, 6.07) is 4.23. The van der Waals surface area contributed by atoms with Crippen LogP contribution in [0.1, 0.15) is 55.0 Å². The minimum absolute atomic E-state index is 0.00710. The Labute approximate surface area is 220 Å². The van der Waals surface area contributed by atoms with Crippen molar-refractivity contribution >= 4 is 29.1 Å². The van der Waals surface area contributed by atoms with Crippen molar-refractivity contribution in [1.29, 1.82) is 0 Å². The quantitative estimate of drug-likeness (QED) is 0.594. The number of aromatic nitrogens is 1. The van der Waals surface area contributed by atoms with Crippen molar-refractivity contribution in [2.24, 2.45) is 17.6 Å². The predicted molar refractivity (Wildman–Crippen MR) is 138 cm³/mol. The van der Waals surface area contributed by atoms with Crippen LogP contribution >= 0.6 is 0 Å². The number of nitrogens with one attached hydrogen (secondary N) is 1. The first-order valence-electron chi connectivity index (χ1n) is 12.7. The van der Waals surface area contributed by atoms with Crippen molar-refractivity contribution in [3.05, 3.63) is 53.4 Å². The molecule has 4 rings (SSSR count). The minimum atomic E-state index is -1.10. The van der Waals surface area contributed by atoms with Crippen LogP contribution < -0.4 is 16.0 Å². The van der Waals surface area contributed by atoms with Crippen molar-refractivity contribution in [2.75, 3.05) is 29.9 Å². The van der Waals surface area contributed by atoms with E-state index in [0.29, 0.717) is 12.1 Å². The molecule has 4 atom stereocenters. The van der Waals surface area contributed by atoms with Gasteiger partial charge in [-0.2, -0.15) is 0 Å². The van der Waals surface area contributed by atoms with Crippen LogP contribution in [0.25, 0.3) is 0 Å². The molecule has 0 bridgehead atoms. The molecular weight excluding hydrogens is 496 g/mol. The first-order valence-corrected chi connectivity index (χ1v) is 12.7. The molecule has 9 nitrogen and oxygen atoms in total. The zero-order valence-corrected chi connectivity index (χ0v) is 21.9. The number of hydrogen-bond donors (Lipinski definition) is 2. The molecule has 2 aliphatic rings. The third-order valence-corrected chi connectivity index (χ3v) is 7.15. The summed E-state index contributed by atoms with van der Waals surface area (Å²) in [5, 5.41) is 2.74. The molecule has 0 saturated carbocycles. The lowest BCUT2D eigenvalue weighted by Crippen LogP contribution is -2.47. The summed E-state index contributed by atoms with van der Waals surface area (Å²) in [6.07, 6.45) is 1.26. The number of amides is 3. The van der Waals surface area contributed by atoms with Crippen molar-refractivity contribution in [2.45, 2.75) is 52.4 Å². The predicted octanol–water partition coefficient (Wildman–Crippen LogP) is 3.20. The van der Waals surface area contributed by atoms with Gasteiger partial charge in [-0.1, -0.05) is 13.8 Å². The Morgan fingerprint density at radius 2 is 1.79 bits per heavy atom. The standard InChI is InChI=1S/C27H33F2N5O4/c1-14(2)17-9-22(26(36)32-18-7-8-31-21(10-18)25(30)35)34(13-17)27(37)19-5-6-20(28)23(29)24(19)33-11-15(3)38-16(4)12-33/h5-8,10,14-17,22H,9,11-13H2,1-4H3,(H2,30,35)(H,31,32,36)/t15-,16+,17-,22+/m1/s1. The molecule has 2 fully saturated rings. The van der Waals surface area contributed by atoms with E-state index in [-0.39, 0.29) is 60.6 Å². The molecule has 0 radical (unpaired) electrons. The Hall–Kier alpha value is -3.60. The summed E-state index contributed by atoms with van der Waals surface area (Å²) in [5.74, 6) is -3.71. The van der Waals surface area contributed by atoms with E-state index >= 15 is 4.39 Å². The highest BCUT2D eigenvalue weighted by molar-refractivity contribution is 6.04. The number of ether oxygens (including phenoxy) is 1. The van der Waals surface area contributed by atoms with E-state index in [2.05, 4.69) is 10.3 Å². The van der Waals surface area contributed by atoms with Gasteiger partial charge >= 0.3 is 0 Å². The van der Waals surface area contributed by atoms with Crippen LogP contribution in [0.2, 0.25) is 0 Å². The summed E-state index contributed by atoms with van der Waals surface area (Å²) >= 11 is 0. The highest BCUT2D eigenvalue weighted by Gasteiger charge is 2.42. The van der Waals surface area contributed by atoms with Gasteiger partial charge in [-0.3, -0.25) is 19.4 Å². The van der Waals surface area contributed by atoms with Crippen molar-refractivity contribution < 1.29 is 27.9 Å². The summed E-state index contributed by atoms with van der Waals surface area (Å²) in [7, 11) is 0. The number of pyridine rings is 1. The van der Waals surface area contributed by atoms with Crippen molar-refractivity contribution in [3.63, 3.8) is 0 Å². The zero-order valence-electron chi connectivity index (χ0n) is 21.9. The van der Waals surface area contributed by atoms with Crippen LogP contribution in [0.15, 0.2) is 30.5 Å². The molecule has 204 valence electrons. The maximum Gasteiger partial charge on any atom is 0.267 e. The molecule has 2 aromatic rings. The van der Waals surface area contributed by atoms with Crippen LogP contribution in [0, 0.1) is 23.5 Å². The lowest BCUT2D eigenvalue weighted by atomic mass is 9.93. The Kier molecular flexibility index (Phi) is 7.96. The van der Waals surface area contributed by atoms with E-state index in [9.17, 15) is 18.8 Å². The second-order valence-electron chi connectivity index (χ2n) is 10.4. The fourth-order valence-electron chi connectivity index (χ4n) is 5.23. The molecule has 3 N–H and O–H groups in total. The van der Waals surface area contributed by atoms with Gasteiger partial charge in [0.1, 0.15) is 11.7 Å². The summed E-state index contributed by atoms with van der Waals surface area (Å²) in [5.41, 5.74) is 5.46. The van der Waals surface area contributed by atoms with Gasteiger partial charge in [-0.15, -0.1) is 0 Å². The molecule has 3 amide bonds. The largest absolute Gasteiger partial charge is 0.372 e. The number of anilines is 2. The van der Waals surface area contributed by atoms with Crippen LogP contribution in [-0.4, -0.2) is 65.5 Å². The highest BCUT2D eigenvalue weighted by atomic mass is 19.2. The van der Waals surface area contributed by atoms with E-state index in [0.717, 1.165) is 6.07 Å². The number of carbonyl (C=O) groups is 3. The summed E-state index contributed by atoms with van der Waals surface area (Å²) in [6.45, 7) is 8.54. The van der Waals surface area contributed by atoms with Crippen LogP contribution in [0.4, 0.5) is 20.2 Å². The SMILES string of the molecule is CC(C)[C@@H]1C[C@@H](C(=O)Nc2ccnc(C(N)=O)c2)N(C(=O)c2ccc(F)c(F)c2N2C[C@@H](C)O[C@@H](C)C2)C1. The van der Waals surface area contributed by atoms with E-state index in [1.165, 1.54) is 29.3 Å². The lowest BCUT2D eigenvalue weighted by molar-refractivity contribution is -0.119. The number of hydrogen-bond acceptors (Lipinski definition) is 6. The first kappa shape index (κ1) is 27.4. The highest BCUT2D eigenvalue weighted by Crippen LogP contribution is 2.35. The number of morpholine rings is 1. The van der Waals surface area contributed by atoms with E-state index in [1.807, 2.05) is 27.7 Å². The number of primary amides is 1. The van der Waals surface area contributed by atoms with Crippen molar-refractivity contribution in [3.8, 4) is 0 Å². The van der Waals surface area contributed by atoms with Crippen LogP contribution in [0.5, 0.6) is 0 Å². The Morgan fingerprint density at radius 3 is 2.42 bits per heavy atom. The van der Waals surface area contributed by atoms with Gasteiger partial charge in [0.25, 0.3) is 11.8 Å². The number of likely N-dealkylation sites (tertiary alicyclic amines) is 1. The average Bonchev–Trinajstić information content (AvgIpc) is 3.31. The molecular formula is C27H33F2N5O4. The third kappa shape index (κ3) is 5.62. The second-order valence-corrected chi connectivity index (χ2v) is 10.4. The van der Waals surface area contributed by atoms with Gasteiger partial charge in [-0.25, -0.2) is 8.78 Å². The Balaban J connectivity index is 1.67. The molecule has 2 saturated heterocycles. The number of nitrogens with two attached hydrogens (primary N) is 1. The fraction of sp³-hybridized carbons (Fsp3) is 0.481. The van der Waals surface area contributed by atoms with Crippen molar-refractivity contribution in [1.82, 2.24) is 9.88 Å². The molecule has 1 aromatic carbocycles. The Bertz CT molecular complexity index is 1230.